The summed E-state index contributed by atoms with van der Waals surface area (Å²) in [5, 5.41) is 0. The highest BCUT2D eigenvalue weighted by molar-refractivity contribution is 5.42. The van der Waals surface area contributed by atoms with Crippen LogP contribution in [0.2, 0.25) is 0 Å². The van der Waals surface area contributed by atoms with Gasteiger partial charge in [-0.3, -0.25) is 0 Å². The van der Waals surface area contributed by atoms with Crippen LogP contribution in [0.5, 0.6) is 17.2 Å². The average Bonchev–Trinajstić information content (AvgIpc) is 2.37. The van der Waals surface area contributed by atoms with Crippen LogP contribution in [0.1, 0.15) is 16.7 Å². The normalized spacial score (nSPS) is 10.2. The zero-order valence-electron chi connectivity index (χ0n) is 11.3. The molecule has 0 heterocycles. The van der Waals surface area contributed by atoms with Gasteiger partial charge in [-0.05, 0) is 73.9 Å². The summed E-state index contributed by atoms with van der Waals surface area (Å²) < 4.78 is 11.0. The van der Waals surface area contributed by atoms with E-state index in [1.165, 1.54) is 16.7 Å². The molecule has 2 aromatic carbocycles. The lowest BCUT2D eigenvalue weighted by atomic mass is 10.0. The van der Waals surface area contributed by atoms with E-state index in [9.17, 15) is 0 Å². The van der Waals surface area contributed by atoms with Gasteiger partial charge >= 0.3 is 0 Å². The largest absolute Gasteiger partial charge is 0.497 e. The first kappa shape index (κ1) is 12.5. The van der Waals surface area contributed by atoms with Gasteiger partial charge in [-0.1, -0.05) is 0 Å². The number of hydrogen-bond donors (Lipinski definition) is 0. The van der Waals surface area contributed by atoms with Crippen LogP contribution < -0.4 is 9.47 Å². The molecule has 2 rings (SSSR count). The minimum atomic E-state index is 0.818. The molecule has 0 aliphatic heterocycles. The quantitative estimate of drug-likeness (QED) is 0.793. The molecule has 0 bridgehead atoms. The molecule has 0 aliphatic carbocycles. The van der Waals surface area contributed by atoms with E-state index in [-0.39, 0.29) is 0 Å². The lowest BCUT2D eigenvalue weighted by molar-refractivity contribution is 0.413. The Labute approximate surface area is 108 Å². The Morgan fingerprint density at radius 2 is 1.22 bits per heavy atom. The molecule has 0 saturated carbocycles. The van der Waals surface area contributed by atoms with E-state index in [4.69, 9.17) is 9.47 Å². The van der Waals surface area contributed by atoms with Crippen molar-refractivity contribution in [1.29, 1.82) is 0 Å². The van der Waals surface area contributed by atoms with E-state index in [0.717, 1.165) is 17.2 Å². The minimum absolute atomic E-state index is 0.818. The molecule has 0 saturated heterocycles. The minimum Gasteiger partial charge on any atom is -0.497 e. The third-order valence-corrected chi connectivity index (χ3v) is 3.20. The fourth-order valence-electron chi connectivity index (χ4n) is 1.83. The average molecular weight is 242 g/mol. The molecule has 0 amide bonds. The zero-order valence-corrected chi connectivity index (χ0v) is 11.3. The van der Waals surface area contributed by atoms with Gasteiger partial charge in [-0.25, -0.2) is 0 Å². The van der Waals surface area contributed by atoms with Crippen LogP contribution in [0.3, 0.4) is 0 Å². The second-order valence-electron chi connectivity index (χ2n) is 4.46. The van der Waals surface area contributed by atoms with E-state index in [1.807, 2.05) is 24.3 Å². The molecule has 94 valence electrons. The third-order valence-electron chi connectivity index (χ3n) is 3.20. The van der Waals surface area contributed by atoms with Crippen molar-refractivity contribution >= 4 is 0 Å². The molecular formula is C16H18O2. The maximum Gasteiger partial charge on any atom is 0.127 e. The van der Waals surface area contributed by atoms with E-state index in [0.29, 0.717) is 0 Å². The first-order valence-electron chi connectivity index (χ1n) is 6.00. The van der Waals surface area contributed by atoms with Crippen LogP contribution >= 0.6 is 0 Å². The lowest BCUT2D eigenvalue weighted by Gasteiger charge is -2.11. The summed E-state index contributed by atoms with van der Waals surface area (Å²) in [4.78, 5) is 0. The van der Waals surface area contributed by atoms with Crippen molar-refractivity contribution in [1.82, 2.24) is 0 Å². The van der Waals surface area contributed by atoms with Gasteiger partial charge in [0.2, 0.25) is 0 Å². The number of rotatable bonds is 3. The Bertz CT molecular complexity index is 519. The van der Waals surface area contributed by atoms with Crippen molar-refractivity contribution in [2.75, 3.05) is 7.11 Å². The number of methoxy groups -OCH3 is 1. The Kier molecular flexibility index (Phi) is 3.56. The van der Waals surface area contributed by atoms with E-state index < -0.39 is 0 Å². The number of hydrogen-bond acceptors (Lipinski definition) is 2. The monoisotopic (exact) mass is 242 g/mol. The maximum absolute atomic E-state index is 5.84. The first-order valence-corrected chi connectivity index (χ1v) is 6.00. The van der Waals surface area contributed by atoms with Crippen LogP contribution in [-0.4, -0.2) is 7.11 Å². The summed E-state index contributed by atoms with van der Waals surface area (Å²) in [6.07, 6.45) is 0. The number of benzene rings is 2. The van der Waals surface area contributed by atoms with E-state index >= 15 is 0 Å². The van der Waals surface area contributed by atoms with Crippen LogP contribution in [0, 0.1) is 20.8 Å². The number of ether oxygens (including phenoxy) is 2. The summed E-state index contributed by atoms with van der Waals surface area (Å²) in [6.45, 7) is 6.33. The van der Waals surface area contributed by atoms with Gasteiger partial charge in [0, 0.05) is 0 Å². The zero-order chi connectivity index (χ0) is 13.1. The molecule has 0 atom stereocenters. The van der Waals surface area contributed by atoms with Gasteiger partial charge in [0.25, 0.3) is 0 Å². The van der Waals surface area contributed by atoms with Gasteiger partial charge in [-0.15, -0.1) is 0 Å². The first-order chi connectivity index (χ1) is 8.60. The van der Waals surface area contributed by atoms with Crippen LogP contribution in [0.15, 0.2) is 36.4 Å². The fourth-order valence-corrected chi connectivity index (χ4v) is 1.83. The van der Waals surface area contributed by atoms with E-state index in [2.05, 4.69) is 32.9 Å². The molecule has 2 heteroatoms. The summed E-state index contributed by atoms with van der Waals surface area (Å²) in [5.74, 6) is 2.53. The predicted octanol–water partition coefficient (Wildman–Crippen LogP) is 4.41. The lowest BCUT2D eigenvalue weighted by Crippen LogP contribution is -1.90. The van der Waals surface area contributed by atoms with Crippen molar-refractivity contribution < 1.29 is 9.47 Å². The highest BCUT2D eigenvalue weighted by atomic mass is 16.5. The second kappa shape index (κ2) is 5.13. The highest BCUT2D eigenvalue weighted by Crippen LogP contribution is 2.27. The van der Waals surface area contributed by atoms with Crippen molar-refractivity contribution in [2.45, 2.75) is 20.8 Å². The predicted molar refractivity (Wildman–Crippen MR) is 73.7 cm³/mol. The smallest absolute Gasteiger partial charge is 0.127 e. The molecule has 2 nitrogen and oxygen atoms in total. The highest BCUT2D eigenvalue weighted by Gasteiger charge is 2.03. The summed E-state index contributed by atoms with van der Waals surface area (Å²) in [6, 6.07) is 11.7. The van der Waals surface area contributed by atoms with Crippen LogP contribution in [0.4, 0.5) is 0 Å². The molecule has 2 aromatic rings. The summed E-state index contributed by atoms with van der Waals surface area (Å²) >= 11 is 0. The Morgan fingerprint density at radius 1 is 0.722 bits per heavy atom. The summed E-state index contributed by atoms with van der Waals surface area (Å²) in [7, 11) is 1.66. The molecule has 0 spiro atoms. The fraction of sp³-hybridized carbons (Fsp3) is 0.250. The van der Waals surface area contributed by atoms with Crippen LogP contribution in [0.25, 0.3) is 0 Å². The standard InChI is InChI=1S/C16H18O2/c1-11-9-16(10-12(2)13(11)3)18-15-7-5-14(17-4)6-8-15/h5-10H,1-4H3. The van der Waals surface area contributed by atoms with Gasteiger partial charge in [0.15, 0.2) is 0 Å². The molecular weight excluding hydrogens is 224 g/mol. The molecule has 0 fully saturated rings. The number of aryl methyl sites for hydroxylation is 2. The molecule has 18 heavy (non-hydrogen) atoms. The van der Waals surface area contributed by atoms with Gasteiger partial charge in [-0.2, -0.15) is 0 Å². The topological polar surface area (TPSA) is 18.5 Å². The summed E-state index contributed by atoms with van der Waals surface area (Å²) in [5.41, 5.74) is 3.81. The SMILES string of the molecule is COc1ccc(Oc2cc(C)c(C)c(C)c2)cc1. The Balaban J connectivity index is 2.23. The maximum atomic E-state index is 5.84. The molecule has 0 aromatic heterocycles. The van der Waals surface area contributed by atoms with E-state index in [1.54, 1.807) is 7.11 Å². The van der Waals surface area contributed by atoms with Gasteiger partial charge < -0.3 is 9.47 Å². The van der Waals surface area contributed by atoms with Crippen molar-refractivity contribution in [3.05, 3.63) is 53.1 Å². The van der Waals surface area contributed by atoms with Gasteiger partial charge in [0.05, 0.1) is 7.11 Å². The second-order valence-corrected chi connectivity index (χ2v) is 4.46. The molecule has 0 aliphatic rings. The Hall–Kier alpha value is -1.96. The van der Waals surface area contributed by atoms with Crippen LogP contribution in [-0.2, 0) is 0 Å². The van der Waals surface area contributed by atoms with Crippen molar-refractivity contribution in [3.8, 4) is 17.2 Å². The molecule has 0 unspecified atom stereocenters. The third kappa shape index (κ3) is 2.65. The Morgan fingerprint density at radius 3 is 1.72 bits per heavy atom. The molecule has 0 radical (unpaired) electrons. The van der Waals surface area contributed by atoms with Crippen molar-refractivity contribution in [3.63, 3.8) is 0 Å². The van der Waals surface area contributed by atoms with Crippen molar-refractivity contribution in [2.24, 2.45) is 0 Å². The van der Waals surface area contributed by atoms with Gasteiger partial charge in [0.1, 0.15) is 17.2 Å². The molecule has 0 N–H and O–H groups in total.